The minimum Gasteiger partial charge on any atom is -0.352 e. The number of carbonyl (C=O) groups excluding carboxylic acids is 2. The van der Waals surface area contributed by atoms with Crippen LogP contribution in [0, 0.1) is 0 Å². The quantitative estimate of drug-likeness (QED) is 0.803. The summed E-state index contributed by atoms with van der Waals surface area (Å²) in [6.07, 6.45) is 0. The second kappa shape index (κ2) is 6.26. The number of rotatable bonds is 4. The van der Waals surface area contributed by atoms with Crippen molar-refractivity contribution in [3.63, 3.8) is 0 Å². The highest BCUT2D eigenvalue weighted by Crippen LogP contribution is 2.20. The zero-order valence-corrected chi connectivity index (χ0v) is 12.1. The van der Waals surface area contributed by atoms with Gasteiger partial charge in [0, 0.05) is 0 Å². The summed E-state index contributed by atoms with van der Waals surface area (Å²) in [5, 5.41) is 7.49. The van der Waals surface area contributed by atoms with Crippen molar-refractivity contribution in [2.24, 2.45) is 5.73 Å². The normalized spacial score (nSPS) is 13.4. The highest BCUT2D eigenvalue weighted by Gasteiger charge is 2.17. The van der Waals surface area contributed by atoms with E-state index < -0.39 is 12.1 Å². The number of benzene rings is 2. The summed E-state index contributed by atoms with van der Waals surface area (Å²) in [4.78, 5) is 22.7. The number of hydrogen-bond acceptors (Lipinski definition) is 2. The molecule has 0 radical (unpaired) electrons. The summed E-state index contributed by atoms with van der Waals surface area (Å²) >= 11 is 0. The maximum absolute atomic E-state index is 11.9. The monoisotopic (exact) mass is 285 g/mol. The van der Waals surface area contributed by atoms with Crippen LogP contribution < -0.4 is 16.4 Å². The van der Waals surface area contributed by atoms with Crippen LogP contribution in [0.2, 0.25) is 0 Å². The molecule has 0 saturated carbocycles. The minimum atomic E-state index is -0.712. The van der Waals surface area contributed by atoms with Crippen molar-refractivity contribution in [2.75, 3.05) is 0 Å². The molecule has 4 N–H and O–H groups in total. The van der Waals surface area contributed by atoms with E-state index in [0.29, 0.717) is 0 Å². The van der Waals surface area contributed by atoms with Crippen molar-refractivity contribution < 1.29 is 9.59 Å². The van der Waals surface area contributed by atoms with Crippen LogP contribution in [0.4, 0.5) is 4.79 Å². The van der Waals surface area contributed by atoms with Crippen molar-refractivity contribution in [1.29, 1.82) is 0 Å². The Bertz CT molecular complexity index is 669. The van der Waals surface area contributed by atoms with E-state index in [0.717, 1.165) is 16.3 Å². The summed E-state index contributed by atoms with van der Waals surface area (Å²) in [6, 6.07) is 12.6. The Morgan fingerprint density at radius 1 is 1.00 bits per heavy atom. The van der Waals surface area contributed by atoms with Gasteiger partial charge < -0.3 is 16.4 Å². The number of nitrogens with one attached hydrogen (secondary N) is 2. The fourth-order valence-corrected chi connectivity index (χ4v) is 2.18. The van der Waals surface area contributed by atoms with Gasteiger partial charge in [0.25, 0.3) is 0 Å². The summed E-state index contributed by atoms with van der Waals surface area (Å²) in [5.41, 5.74) is 6.01. The molecule has 0 saturated heterocycles. The molecule has 0 aliphatic rings. The average Bonchev–Trinajstić information content (AvgIpc) is 2.45. The molecular weight excluding hydrogens is 266 g/mol. The Labute approximate surface area is 123 Å². The van der Waals surface area contributed by atoms with Crippen LogP contribution in [-0.2, 0) is 4.79 Å². The predicted octanol–water partition coefficient (Wildman–Crippen LogP) is 2.07. The molecule has 0 bridgehead atoms. The van der Waals surface area contributed by atoms with Gasteiger partial charge in [0.2, 0.25) is 5.91 Å². The molecule has 0 aromatic heterocycles. The van der Waals surface area contributed by atoms with Crippen LogP contribution in [0.1, 0.15) is 25.5 Å². The minimum absolute atomic E-state index is 0.153. The van der Waals surface area contributed by atoms with E-state index in [4.69, 9.17) is 5.73 Å². The summed E-state index contributed by atoms with van der Waals surface area (Å²) < 4.78 is 0. The molecule has 0 spiro atoms. The van der Waals surface area contributed by atoms with Crippen LogP contribution in [0.5, 0.6) is 0 Å². The maximum atomic E-state index is 11.9. The van der Waals surface area contributed by atoms with E-state index in [1.54, 1.807) is 6.92 Å². The highest BCUT2D eigenvalue weighted by atomic mass is 16.2. The Morgan fingerprint density at radius 2 is 1.67 bits per heavy atom. The van der Waals surface area contributed by atoms with Gasteiger partial charge in [-0.1, -0.05) is 36.4 Å². The van der Waals surface area contributed by atoms with Crippen molar-refractivity contribution in [2.45, 2.75) is 25.9 Å². The number of carbonyl (C=O) groups is 2. The molecule has 0 heterocycles. The number of fused-ring (bicyclic) bond motifs is 1. The number of hydrogen-bond donors (Lipinski definition) is 3. The van der Waals surface area contributed by atoms with Crippen LogP contribution in [0.15, 0.2) is 42.5 Å². The van der Waals surface area contributed by atoms with Gasteiger partial charge in [-0.05, 0) is 36.2 Å². The third-order valence-electron chi connectivity index (χ3n) is 3.38. The van der Waals surface area contributed by atoms with Gasteiger partial charge in [-0.3, -0.25) is 4.79 Å². The maximum Gasteiger partial charge on any atom is 0.312 e. The van der Waals surface area contributed by atoms with E-state index in [9.17, 15) is 9.59 Å². The zero-order valence-electron chi connectivity index (χ0n) is 12.1. The second-order valence-electron chi connectivity index (χ2n) is 5.07. The van der Waals surface area contributed by atoms with E-state index >= 15 is 0 Å². The predicted molar refractivity (Wildman–Crippen MR) is 82.7 cm³/mol. The molecule has 0 aliphatic heterocycles. The van der Waals surface area contributed by atoms with Crippen LogP contribution in [0.3, 0.4) is 0 Å². The standard InChI is InChI=1S/C16H19N3O2/c1-10(18-15(20)11(2)19-16(17)21)13-8-7-12-5-3-4-6-14(12)9-13/h3-11H,1-2H3,(H,18,20)(H3,17,19,21)/t10-,11-/m0/s1. The van der Waals surface area contributed by atoms with Crippen molar-refractivity contribution in [3.05, 3.63) is 48.0 Å². The molecule has 5 heteroatoms. The van der Waals surface area contributed by atoms with Crippen LogP contribution >= 0.6 is 0 Å². The zero-order chi connectivity index (χ0) is 15.4. The van der Waals surface area contributed by atoms with Gasteiger partial charge >= 0.3 is 6.03 Å². The fourth-order valence-electron chi connectivity index (χ4n) is 2.18. The number of primary amides is 1. The lowest BCUT2D eigenvalue weighted by Crippen LogP contribution is -2.47. The molecule has 21 heavy (non-hydrogen) atoms. The molecule has 5 nitrogen and oxygen atoms in total. The number of nitrogens with two attached hydrogens (primary N) is 1. The Balaban J connectivity index is 2.09. The summed E-state index contributed by atoms with van der Waals surface area (Å²) in [6.45, 7) is 3.49. The SMILES string of the molecule is C[C@H](NC(N)=O)C(=O)N[C@@H](C)c1ccc2ccccc2c1. The number of amides is 3. The second-order valence-corrected chi connectivity index (χ2v) is 5.07. The Hall–Kier alpha value is -2.56. The molecule has 0 unspecified atom stereocenters. The van der Waals surface area contributed by atoms with E-state index in [-0.39, 0.29) is 11.9 Å². The summed E-state index contributed by atoms with van der Waals surface area (Å²) in [7, 11) is 0. The molecule has 2 rings (SSSR count). The van der Waals surface area contributed by atoms with Crippen molar-refractivity contribution >= 4 is 22.7 Å². The van der Waals surface area contributed by atoms with Gasteiger partial charge in [0.15, 0.2) is 0 Å². The fraction of sp³-hybridized carbons (Fsp3) is 0.250. The molecule has 2 aromatic carbocycles. The largest absolute Gasteiger partial charge is 0.352 e. The van der Waals surface area contributed by atoms with E-state index in [2.05, 4.69) is 10.6 Å². The van der Waals surface area contributed by atoms with Gasteiger partial charge in [-0.25, -0.2) is 4.79 Å². The first-order valence-electron chi connectivity index (χ1n) is 6.82. The lowest BCUT2D eigenvalue weighted by molar-refractivity contribution is -0.123. The molecule has 2 atom stereocenters. The first kappa shape index (κ1) is 14.8. The first-order valence-corrected chi connectivity index (χ1v) is 6.82. The van der Waals surface area contributed by atoms with Gasteiger partial charge in [-0.2, -0.15) is 0 Å². The smallest absolute Gasteiger partial charge is 0.312 e. The molecular formula is C16H19N3O2. The summed E-state index contributed by atoms with van der Waals surface area (Å²) in [5.74, 6) is -0.269. The van der Waals surface area contributed by atoms with E-state index in [1.807, 2.05) is 49.4 Å². The lowest BCUT2D eigenvalue weighted by atomic mass is 10.0. The third-order valence-corrected chi connectivity index (χ3v) is 3.38. The topological polar surface area (TPSA) is 84.2 Å². The van der Waals surface area contributed by atoms with E-state index in [1.165, 1.54) is 0 Å². The average molecular weight is 285 g/mol. The Kier molecular flexibility index (Phi) is 4.42. The lowest BCUT2D eigenvalue weighted by Gasteiger charge is -2.18. The van der Waals surface area contributed by atoms with Crippen molar-refractivity contribution in [1.82, 2.24) is 10.6 Å². The van der Waals surface area contributed by atoms with Crippen molar-refractivity contribution in [3.8, 4) is 0 Å². The highest BCUT2D eigenvalue weighted by molar-refractivity contribution is 5.87. The number of urea groups is 1. The molecule has 0 aliphatic carbocycles. The van der Waals surface area contributed by atoms with Gasteiger partial charge in [0.1, 0.15) is 6.04 Å². The van der Waals surface area contributed by atoms with Crippen LogP contribution in [-0.4, -0.2) is 18.0 Å². The van der Waals surface area contributed by atoms with Gasteiger partial charge in [-0.15, -0.1) is 0 Å². The molecule has 2 aromatic rings. The third kappa shape index (κ3) is 3.72. The van der Waals surface area contributed by atoms with Crippen LogP contribution in [0.25, 0.3) is 10.8 Å². The van der Waals surface area contributed by atoms with Gasteiger partial charge in [0.05, 0.1) is 6.04 Å². The first-order chi connectivity index (χ1) is 9.97. The molecule has 0 fully saturated rings. The Morgan fingerprint density at radius 3 is 2.33 bits per heavy atom. The molecule has 110 valence electrons. The molecule has 3 amide bonds.